The van der Waals surface area contributed by atoms with Crippen LogP contribution in [0.3, 0.4) is 0 Å². The van der Waals surface area contributed by atoms with E-state index in [1.807, 2.05) is 21.0 Å². The molecule has 74 valence electrons. The third-order valence-corrected chi connectivity index (χ3v) is 1.67. The number of aromatic nitrogens is 2. The van der Waals surface area contributed by atoms with Crippen molar-refractivity contribution in [1.82, 2.24) is 10.1 Å². The van der Waals surface area contributed by atoms with Gasteiger partial charge in [0.2, 0.25) is 5.89 Å². The molecule has 0 aromatic carbocycles. The van der Waals surface area contributed by atoms with Crippen molar-refractivity contribution in [3.63, 3.8) is 0 Å². The van der Waals surface area contributed by atoms with E-state index in [0.717, 1.165) is 12.8 Å². The van der Waals surface area contributed by atoms with Crippen molar-refractivity contribution >= 4 is 5.95 Å². The highest BCUT2D eigenvalue weighted by Gasteiger charge is 2.07. The summed E-state index contributed by atoms with van der Waals surface area (Å²) in [4.78, 5) is 5.98. The Bertz CT molecular complexity index is 256. The minimum atomic E-state index is 0.176. The highest BCUT2D eigenvalue weighted by atomic mass is 16.5. The van der Waals surface area contributed by atoms with E-state index in [2.05, 4.69) is 10.1 Å². The van der Waals surface area contributed by atoms with E-state index >= 15 is 0 Å². The van der Waals surface area contributed by atoms with Gasteiger partial charge in [-0.2, -0.15) is 4.98 Å². The normalized spacial score (nSPS) is 12.9. The molecule has 5 nitrogen and oxygen atoms in total. The van der Waals surface area contributed by atoms with Crippen molar-refractivity contribution in [1.29, 1.82) is 0 Å². The molecule has 1 atom stereocenters. The summed E-state index contributed by atoms with van der Waals surface area (Å²) in [5.74, 6) is 1.26. The fourth-order valence-electron chi connectivity index (χ4n) is 0.880. The highest BCUT2D eigenvalue weighted by Crippen LogP contribution is 2.07. The monoisotopic (exact) mass is 184 g/mol. The zero-order valence-electron chi connectivity index (χ0n) is 8.32. The van der Waals surface area contributed by atoms with E-state index in [1.54, 1.807) is 4.90 Å². The van der Waals surface area contributed by atoms with Gasteiger partial charge in [-0.3, -0.25) is 0 Å². The lowest BCUT2D eigenvalue weighted by Crippen LogP contribution is -2.15. The van der Waals surface area contributed by atoms with Gasteiger partial charge in [0.15, 0.2) is 0 Å². The zero-order valence-corrected chi connectivity index (χ0v) is 8.32. The molecule has 1 aromatic heterocycles. The Kier molecular flexibility index (Phi) is 3.25. The number of nitrogens with two attached hydrogens (primary N) is 1. The van der Waals surface area contributed by atoms with Crippen molar-refractivity contribution in [2.24, 2.45) is 5.73 Å². The molecular weight excluding hydrogens is 168 g/mol. The molecule has 0 radical (unpaired) electrons. The lowest BCUT2D eigenvalue weighted by atomic mass is 10.2. The lowest BCUT2D eigenvalue weighted by Gasteiger charge is -2.02. The summed E-state index contributed by atoms with van der Waals surface area (Å²) in [6.07, 6.45) is 1.62. The average Bonchev–Trinajstić information content (AvgIpc) is 2.48. The summed E-state index contributed by atoms with van der Waals surface area (Å²) in [5.41, 5.74) is 5.61. The molecule has 0 spiro atoms. The average molecular weight is 184 g/mol. The second-order valence-corrected chi connectivity index (χ2v) is 3.40. The summed E-state index contributed by atoms with van der Waals surface area (Å²) in [5, 5.41) is 3.79. The molecule has 2 N–H and O–H groups in total. The molecule has 1 rings (SSSR count). The summed E-state index contributed by atoms with van der Waals surface area (Å²) < 4.78 is 5.02. The van der Waals surface area contributed by atoms with Gasteiger partial charge in [0, 0.05) is 26.6 Å². The van der Waals surface area contributed by atoms with Gasteiger partial charge in [-0.05, 0) is 18.5 Å². The number of hydrogen-bond donors (Lipinski definition) is 1. The minimum Gasteiger partial charge on any atom is -0.344 e. The maximum atomic E-state index is 5.61. The predicted molar refractivity (Wildman–Crippen MR) is 50.6 cm³/mol. The fraction of sp³-hybridized carbons (Fsp3) is 0.750. The van der Waals surface area contributed by atoms with Gasteiger partial charge in [0.25, 0.3) is 5.95 Å². The lowest BCUT2D eigenvalue weighted by molar-refractivity contribution is 0.372. The molecule has 0 saturated heterocycles. The van der Waals surface area contributed by atoms with Crippen molar-refractivity contribution < 1.29 is 4.52 Å². The van der Waals surface area contributed by atoms with Crippen LogP contribution in [0.5, 0.6) is 0 Å². The molecule has 1 aromatic rings. The minimum absolute atomic E-state index is 0.176. The van der Waals surface area contributed by atoms with E-state index in [-0.39, 0.29) is 6.04 Å². The quantitative estimate of drug-likeness (QED) is 0.734. The predicted octanol–water partition coefficient (Wildman–Crippen LogP) is 0.415. The van der Waals surface area contributed by atoms with Crippen LogP contribution in [0, 0.1) is 0 Å². The third-order valence-electron chi connectivity index (χ3n) is 1.67. The van der Waals surface area contributed by atoms with Crippen molar-refractivity contribution in [3.8, 4) is 0 Å². The Balaban J connectivity index is 2.49. The Hall–Kier alpha value is -1.10. The third kappa shape index (κ3) is 3.02. The molecular formula is C8H16N4O. The van der Waals surface area contributed by atoms with Crippen LogP contribution < -0.4 is 10.6 Å². The maximum Gasteiger partial charge on any atom is 0.265 e. The van der Waals surface area contributed by atoms with Crippen LogP contribution in [-0.4, -0.2) is 30.3 Å². The molecule has 0 aliphatic carbocycles. The van der Waals surface area contributed by atoms with Crippen LogP contribution in [0.15, 0.2) is 4.52 Å². The molecule has 0 amide bonds. The van der Waals surface area contributed by atoms with Crippen molar-refractivity contribution in [3.05, 3.63) is 5.89 Å². The smallest absolute Gasteiger partial charge is 0.265 e. The molecule has 0 aliphatic rings. The van der Waals surface area contributed by atoms with E-state index in [1.165, 1.54) is 0 Å². The summed E-state index contributed by atoms with van der Waals surface area (Å²) in [6.45, 7) is 1.96. The van der Waals surface area contributed by atoms with Crippen LogP contribution in [0.1, 0.15) is 19.2 Å². The molecule has 5 heteroatoms. The van der Waals surface area contributed by atoms with Gasteiger partial charge in [-0.1, -0.05) is 0 Å². The number of nitrogens with zero attached hydrogens (tertiary/aromatic N) is 3. The first-order valence-corrected chi connectivity index (χ1v) is 4.35. The SMILES string of the molecule is CC(N)CCc1nc(N(C)C)no1. The number of anilines is 1. The fourth-order valence-corrected chi connectivity index (χ4v) is 0.880. The van der Waals surface area contributed by atoms with Gasteiger partial charge in [0.05, 0.1) is 0 Å². The molecule has 0 fully saturated rings. The first kappa shape index (κ1) is 9.98. The van der Waals surface area contributed by atoms with Crippen LogP contribution in [0.25, 0.3) is 0 Å². The van der Waals surface area contributed by atoms with Crippen LogP contribution in [0.4, 0.5) is 5.95 Å². The second kappa shape index (κ2) is 4.23. The molecule has 1 unspecified atom stereocenters. The number of rotatable bonds is 4. The van der Waals surface area contributed by atoms with Crippen LogP contribution in [-0.2, 0) is 6.42 Å². The van der Waals surface area contributed by atoms with Gasteiger partial charge in [-0.25, -0.2) is 0 Å². The molecule has 0 aliphatic heterocycles. The first-order chi connectivity index (χ1) is 6.09. The van der Waals surface area contributed by atoms with E-state index in [4.69, 9.17) is 10.3 Å². The van der Waals surface area contributed by atoms with E-state index < -0.39 is 0 Å². The Morgan fingerprint density at radius 2 is 2.23 bits per heavy atom. The van der Waals surface area contributed by atoms with Crippen molar-refractivity contribution in [2.45, 2.75) is 25.8 Å². The van der Waals surface area contributed by atoms with Gasteiger partial charge in [-0.15, -0.1) is 0 Å². The Morgan fingerprint density at radius 1 is 1.54 bits per heavy atom. The van der Waals surface area contributed by atoms with Crippen molar-refractivity contribution in [2.75, 3.05) is 19.0 Å². The van der Waals surface area contributed by atoms with Gasteiger partial charge < -0.3 is 15.2 Å². The van der Waals surface area contributed by atoms with Gasteiger partial charge >= 0.3 is 0 Å². The summed E-state index contributed by atoms with van der Waals surface area (Å²) in [7, 11) is 3.75. The largest absolute Gasteiger partial charge is 0.344 e. The summed E-state index contributed by atoms with van der Waals surface area (Å²) >= 11 is 0. The van der Waals surface area contributed by atoms with Crippen LogP contribution in [0.2, 0.25) is 0 Å². The van der Waals surface area contributed by atoms with E-state index in [9.17, 15) is 0 Å². The standard InChI is InChI=1S/C8H16N4O/c1-6(9)4-5-7-10-8(11-13-7)12(2)3/h6H,4-5,9H2,1-3H3. The maximum absolute atomic E-state index is 5.61. The molecule has 1 heterocycles. The van der Waals surface area contributed by atoms with E-state index in [0.29, 0.717) is 11.8 Å². The number of aryl methyl sites for hydroxylation is 1. The Labute approximate surface area is 77.9 Å². The first-order valence-electron chi connectivity index (χ1n) is 4.35. The van der Waals surface area contributed by atoms with Gasteiger partial charge in [0.1, 0.15) is 0 Å². The molecule has 0 saturated carbocycles. The highest BCUT2D eigenvalue weighted by molar-refractivity contribution is 5.23. The Morgan fingerprint density at radius 3 is 2.69 bits per heavy atom. The van der Waals surface area contributed by atoms with Crippen LogP contribution >= 0.6 is 0 Å². The number of hydrogen-bond acceptors (Lipinski definition) is 5. The topological polar surface area (TPSA) is 68.2 Å². The summed E-state index contributed by atoms with van der Waals surface area (Å²) in [6, 6.07) is 0.176. The molecule has 0 bridgehead atoms. The zero-order chi connectivity index (χ0) is 9.84. The second-order valence-electron chi connectivity index (χ2n) is 3.40. The molecule has 13 heavy (non-hydrogen) atoms.